The summed E-state index contributed by atoms with van der Waals surface area (Å²) in [5, 5.41) is 0. The molecule has 0 saturated carbocycles. The number of carbonyl (C=O) groups is 1. The monoisotopic (exact) mass is 431 g/mol. The van der Waals surface area contributed by atoms with Gasteiger partial charge in [0.2, 0.25) is 15.9 Å². The molecule has 1 amide bonds. The lowest BCUT2D eigenvalue weighted by molar-refractivity contribution is -0.116. The topological polar surface area (TPSA) is 69.7 Å². The van der Waals surface area contributed by atoms with E-state index in [2.05, 4.69) is 32.5 Å². The van der Waals surface area contributed by atoms with Gasteiger partial charge in [-0.1, -0.05) is 29.3 Å². The number of hydrogen-bond acceptors (Lipinski definition) is 4. The standard InChI is InChI=1S/C17H26BrN3O3S/c1-4-5-8-20(3)10-7-19-25(23,24)16-12-15(18)11-14-6-9-21(13(2)22)17(14)16/h11-12,19H,4-10H2,1-3H3. The van der Waals surface area contributed by atoms with Crippen molar-refractivity contribution < 1.29 is 13.2 Å². The average molecular weight is 432 g/mol. The van der Waals surface area contributed by atoms with Crippen molar-refractivity contribution in [3.63, 3.8) is 0 Å². The fraction of sp³-hybridized carbons (Fsp3) is 0.588. The molecule has 8 heteroatoms. The van der Waals surface area contributed by atoms with Crippen LogP contribution in [0.1, 0.15) is 32.3 Å². The van der Waals surface area contributed by atoms with E-state index in [1.165, 1.54) is 6.92 Å². The van der Waals surface area contributed by atoms with Gasteiger partial charge >= 0.3 is 0 Å². The highest BCUT2D eigenvalue weighted by Crippen LogP contribution is 2.37. The number of rotatable bonds is 8. The number of likely N-dealkylation sites (N-methyl/N-ethyl adjacent to an activating group) is 1. The fourth-order valence-corrected chi connectivity index (χ4v) is 4.93. The first-order chi connectivity index (χ1) is 11.8. The first-order valence-electron chi connectivity index (χ1n) is 8.55. The van der Waals surface area contributed by atoms with Gasteiger partial charge in [0.05, 0.1) is 5.69 Å². The molecule has 1 aliphatic heterocycles. The highest BCUT2D eigenvalue weighted by Gasteiger charge is 2.31. The number of carbonyl (C=O) groups excluding carboxylic acids is 1. The summed E-state index contributed by atoms with van der Waals surface area (Å²) in [6.45, 7) is 6.04. The molecule has 1 aromatic carbocycles. The molecule has 1 heterocycles. The van der Waals surface area contributed by atoms with Gasteiger partial charge in [0.25, 0.3) is 0 Å². The Bertz CT molecular complexity index is 737. The molecule has 6 nitrogen and oxygen atoms in total. The zero-order valence-electron chi connectivity index (χ0n) is 15.0. The number of hydrogen-bond donors (Lipinski definition) is 1. The first kappa shape index (κ1) is 20.4. The Labute approximate surface area is 158 Å². The maximum Gasteiger partial charge on any atom is 0.242 e. The Balaban J connectivity index is 2.18. The molecule has 2 rings (SSSR count). The Kier molecular flexibility index (Phi) is 7.01. The maximum absolute atomic E-state index is 12.8. The van der Waals surface area contributed by atoms with Crippen LogP contribution in [0, 0.1) is 0 Å². The quantitative estimate of drug-likeness (QED) is 0.685. The van der Waals surface area contributed by atoms with Gasteiger partial charge in [0.1, 0.15) is 4.90 Å². The first-order valence-corrected chi connectivity index (χ1v) is 10.8. The SMILES string of the molecule is CCCCN(C)CCNS(=O)(=O)c1cc(Br)cc2c1N(C(C)=O)CC2. The maximum atomic E-state index is 12.8. The second kappa shape index (κ2) is 8.62. The van der Waals surface area contributed by atoms with Gasteiger partial charge in [-0.25, -0.2) is 13.1 Å². The number of unbranched alkanes of at least 4 members (excludes halogenated alkanes) is 1. The van der Waals surface area contributed by atoms with E-state index in [1.54, 1.807) is 11.0 Å². The number of halogens is 1. The average Bonchev–Trinajstić information content (AvgIpc) is 2.95. The number of nitrogens with one attached hydrogen (secondary N) is 1. The third kappa shape index (κ3) is 5.03. The number of anilines is 1. The molecule has 1 N–H and O–H groups in total. The van der Waals surface area contributed by atoms with Crippen LogP contribution in [0.4, 0.5) is 5.69 Å². The molecular weight excluding hydrogens is 406 g/mol. The zero-order valence-corrected chi connectivity index (χ0v) is 17.4. The minimum absolute atomic E-state index is 0.142. The Hall–Kier alpha value is -0.960. The van der Waals surface area contributed by atoms with Gasteiger partial charge in [-0.2, -0.15) is 0 Å². The Morgan fingerprint density at radius 2 is 2.08 bits per heavy atom. The number of amides is 1. The van der Waals surface area contributed by atoms with Crippen LogP contribution in [0.15, 0.2) is 21.5 Å². The third-order valence-corrected chi connectivity index (χ3v) is 6.27. The molecule has 1 aromatic rings. The summed E-state index contributed by atoms with van der Waals surface area (Å²) >= 11 is 3.38. The largest absolute Gasteiger partial charge is 0.311 e. The minimum Gasteiger partial charge on any atom is -0.311 e. The lowest BCUT2D eigenvalue weighted by Crippen LogP contribution is -2.34. The van der Waals surface area contributed by atoms with Crippen molar-refractivity contribution in [1.82, 2.24) is 9.62 Å². The summed E-state index contributed by atoms with van der Waals surface area (Å²) in [5.74, 6) is -0.142. The Morgan fingerprint density at radius 3 is 2.72 bits per heavy atom. The molecule has 25 heavy (non-hydrogen) atoms. The summed E-state index contributed by atoms with van der Waals surface area (Å²) in [5.41, 5.74) is 1.40. The van der Waals surface area contributed by atoms with E-state index in [0.717, 1.165) is 24.9 Å². The van der Waals surface area contributed by atoms with E-state index in [4.69, 9.17) is 0 Å². The molecular formula is C17H26BrN3O3S. The van der Waals surface area contributed by atoms with Gasteiger partial charge < -0.3 is 9.80 Å². The van der Waals surface area contributed by atoms with E-state index in [-0.39, 0.29) is 10.8 Å². The molecule has 0 bridgehead atoms. The van der Waals surface area contributed by atoms with Crippen LogP contribution < -0.4 is 9.62 Å². The summed E-state index contributed by atoms with van der Waals surface area (Å²) in [7, 11) is -1.71. The summed E-state index contributed by atoms with van der Waals surface area (Å²) in [4.78, 5) is 15.7. The molecule has 0 aliphatic carbocycles. The molecule has 0 fully saturated rings. The molecule has 0 spiro atoms. The fourth-order valence-electron chi connectivity index (χ4n) is 2.98. The molecule has 0 saturated heterocycles. The van der Waals surface area contributed by atoms with Gasteiger partial charge in [0, 0.05) is 31.0 Å². The summed E-state index contributed by atoms with van der Waals surface area (Å²) in [6, 6.07) is 3.46. The highest BCUT2D eigenvalue weighted by molar-refractivity contribution is 9.10. The van der Waals surface area contributed by atoms with Crippen molar-refractivity contribution >= 4 is 37.5 Å². The van der Waals surface area contributed by atoms with Crippen LogP contribution in [-0.2, 0) is 21.2 Å². The number of sulfonamides is 1. The molecule has 140 valence electrons. The van der Waals surface area contributed by atoms with Gasteiger partial charge in [-0.15, -0.1) is 0 Å². The van der Waals surface area contributed by atoms with Crippen LogP contribution in [0.2, 0.25) is 0 Å². The Morgan fingerprint density at radius 1 is 1.36 bits per heavy atom. The van der Waals surface area contributed by atoms with Crippen LogP contribution in [0.25, 0.3) is 0 Å². The highest BCUT2D eigenvalue weighted by atomic mass is 79.9. The van der Waals surface area contributed by atoms with E-state index < -0.39 is 10.0 Å². The van der Waals surface area contributed by atoms with Crippen LogP contribution >= 0.6 is 15.9 Å². The van der Waals surface area contributed by atoms with Crippen molar-refractivity contribution in [3.8, 4) is 0 Å². The van der Waals surface area contributed by atoms with Gasteiger partial charge in [-0.05, 0) is 44.1 Å². The molecule has 0 aromatic heterocycles. The third-order valence-electron chi connectivity index (χ3n) is 4.34. The molecule has 0 unspecified atom stereocenters. The van der Waals surface area contributed by atoms with Gasteiger partial charge in [0.15, 0.2) is 0 Å². The van der Waals surface area contributed by atoms with Gasteiger partial charge in [-0.3, -0.25) is 4.79 Å². The van der Waals surface area contributed by atoms with Crippen molar-refractivity contribution in [2.24, 2.45) is 0 Å². The van der Waals surface area contributed by atoms with Crippen LogP contribution in [0.3, 0.4) is 0 Å². The number of nitrogens with zero attached hydrogens (tertiary/aromatic N) is 2. The van der Waals surface area contributed by atoms with E-state index >= 15 is 0 Å². The molecule has 0 radical (unpaired) electrons. The van der Waals surface area contributed by atoms with Crippen LogP contribution in [-0.4, -0.2) is 52.5 Å². The number of fused-ring (bicyclic) bond motifs is 1. The number of benzene rings is 1. The van der Waals surface area contributed by atoms with Crippen molar-refractivity contribution in [3.05, 3.63) is 22.2 Å². The van der Waals surface area contributed by atoms with Crippen LogP contribution in [0.5, 0.6) is 0 Å². The van der Waals surface area contributed by atoms with Crippen molar-refractivity contribution in [2.75, 3.05) is 38.1 Å². The normalized spacial score (nSPS) is 14.2. The lowest BCUT2D eigenvalue weighted by atomic mass is 10.2. The second-order valence-electron chi connectivity index (χ2n) is 6.39. The lowest BCUT2D eigenvalue weighted by Gasteiger charge is -2.20. The summed E-state index contributed by atoms with van der Waals surface area (Å²) < 4.78 is 29.0. The second-order valence-corrected chi connectivity index (χ2v) is 9.04. The molecule has 1 aliphatic rings. The van der Waals surface area contributed by atoms with Crippen molar-refractivity contribution in [1.29, 1.82) is 0 Å². The minimum atomic E-state index is -3.69. The zero-order chi connectivity index (χ0) is 18.6. The van der Waals surface area contributed by atoms with Crippen molar-refractivity contribution in [2.45, 2.75) is 38.0 Å². The predicted octanol–water partition coefficient (Wildman–Crippen LogP) is 2.37. The van der Waals surface area contributed by atoms with E-state index in [1.807, 2.05) is 13.1 Å². The van der Waals surface area contributed by atoms with E-state index in [9.17, 15) is 13.2 Å². The predicted molar refractivity (Wildman–Crippen MR) is 103 cm³/mol. The summed E-state index contributed by atoms with van der Waals surface area (Å²) in [6.07, 6.45) is 2.87. The smallest absolute Gasteiger partial charge is 0.242 e. The van der Waals surface area contributed by atoms with E-state index in [0.29, 0.717) is 36.2 Å². The molecule has 0 atom stereocenters.